The zero-order valence-corrected chi connectivity index (χ0v) is 16.8. The predicted molar refractivity (Wildman–Crippen MR) is 112 cm³/mol. The molecule has 1 unspecified atom stereocenters. The SMILES string of the molecule is C#CCNc1n[s+]([O-])nc1NCCCOc1cccc(CN2CCCCC2)c1. The van der Waals surface area contributed by atoms with Gasteiger partial charge in [-0.1, -0.05) is 24.5 Å². The first-order valence-electron chi connectivity index (χ1n) is 9.69. The minimum absolute atomic E-state index is 0.313. The first-order chi connectivity index (χ1) is 13.7. The van der Waals surface area contributed by atoms with Crippen LogP contribution in [0.25, 0.3) is 0 Å². The van der Waals surface area contributed by atoms with Gasteiger partial charge in [-0.05, 0) is 50.0 Å². The Morgan fingerprint density at radius 2 is 1.96 bits per heavy atom. The van der Waals surface area contributed by atoms with Gasteiger partial charge in [0.2, 0.25) is 11.6 Å². The second-order valence-electron chi connectivity index (χ2n) is 6.78. The number of hydrogen-bond donors (Lipinski definition) is 2. The van der Waals surface area contributed by atoms with Crippen LogP contribution < -0.4 is 15.4 Å². The monoisotopic (exact) mass is 401 g/mol. The van der Waals surface area contributed by atoms with Crippen molar-refractivity contribution in [3.05, 3.63) is 29.8 Å². The molecule has 1 aromatic carbocycles. The van der Waals surface area contributed by atoms with E-state index in [-0.39, 0.29) is 0 Å². The van der Waals surface area contributed by atoms with Crippen molar-refractivity contribution in [3.63, 3.8) is 0 Å². The van der Waals surface area contributed by atoms with Crippen molar-refractivity contribution in [2.24, 2.45) is 0 Å². The molecule has 0 aliphatic carbocycles. The van der Waals surface area contributed by atoms with Crippen LogP contribution in [0.1, 0.15) is 31.2 Å². The minimum Gasteiger partial charge on any atom is -0.546 e. The largest absolute Gasteiger partial charge is 0.546 e. The summed E-state index contributed by atoms with van der Waals surface area (Å²) in [6.45, 7) is 4.90. The summed E-state index contributed by atoms with van der Waals surface area (Å²) >= 11 is -1.58. The van der Waals surface area contributed by atoms with Crippen molar-refractivity contribution >= 4 is 22.8 Å². The third-order valence-electron chi connectivity index (χ3n) is 4.56. The highest BCUT2D eigenvalue weighted by atomic mass is 32.2. The van der Waals surface area contributed by atoms with Crippen LogP contribution in [0.3, 0.4) is 0 Å². The number of likely N-dealkylation sites (tertiary alicyclic amines) is 1. The molecule has 1 aliphatic heterocycles. The first-order valence-corrected chi connectivity index (χ1v) is 10.8. The Labute approximate surface area is 169 Å². The molecule has 2 aromatic rings. The highest BCUT2D eigenvalue weighted by Gasteiger charge is 2.14. The van der Waals surface area contributed by atoms with Gasteiger partial charge in [0.05, 0.1) is 13.2 Å². The third-order valence-corrected chi connectivity index (χ3v) is 5.23. The Morgan fingerprint density at radius 1 is 1.18 bits per heavy atom. The summed E-state index contributed by atoms with van der Waals surface area (Å²) in [4.78, 5) is 2.51. The van der Waals surface area contributed by atoms with Gasteiger partial charge in [0.1, 0.15) is 5.75 Å². The number of aromatic nitrogens is 2. The van der Waals surface area contributed by atoms with E-state index in [1.54, 1.807) is 0 Å². The van der Waals surface area contributed by atoms with Crippen LogP contribution in [0, 0.1) is 12.3 Å². The van der Waals surface area contributed by atoms with Crippen LogP contribution in [0.2, 0.25) is 0 Å². The van der Waals surface area contributed by atoms with Gasteiger partial charge in [-0.2, -0.15) is 0 Å². The Bertz CT molecular complexity index is 783. The molecule has 3 rings (SSSR count). The maximum Gasteiger partial charge on any atom is 0.233 e. The summed E-state index contributed by atoms with van der Waals surface area (Å²) in [6.07, 6.45) is 9.95. The van der Waals surface area contributed by atoms with Crippen molar-refractivity contribution in [1.29, 1.82) is 0 Å². The molecule has 1 aromatic heterocycles. The molecular formula is C20H27N5O2S. The summed E-state index contributed by atoms with van der Waals surface area (Å²) in [6, 6.07) is 8.33. The van der Waals surface area contributed by atoms with E-state index < -0.39 is 11.1 Å². The lowest BCUT2D eigenvalue weighted by molar-refractivity contribution is 0.220. The second kappa shape index (κ2) is 10.9. The van der Waals surface area contributed by atoms with E-state index in [1.165, 1.54) is 37.9 Å². The Kier molecular flexibility index (Phi) is 7.91. The van der Waals surface area contributed by atoms with Crippen molar-refractivity contribution in [1.82, 2.24) is 13.6 Å². The molecule has 1 atom stereocenters. The van der Waals surface area contributed by atoms with E-state index in [9.17, 15) is 4.55 Å². The second-order valence-corrected chi connectivity index (χ2v) is 7.61. The van der Waals surface area contributed by atoms with Crippen LogP contribution in [0.4, 0.5) is 11.6 Å². The first kappa shape index (κ1) is 20.4. The highest BCUT2D eigenvalue weighted by Crippen LogP contribution is 2.22. The van der Waals surface area contributed by atoms with Crippen LogP contribution in [-0.4, -0.2) is 51.0 Å². The number of rotatable bonds is 10. The van der Waals surface area contributed by atoms with Crippen molar-refractivity contribution in [2.45, 2.75) is 32.2 Å². The zero-order chi connectivity index (χ0) is 19.6. The van der Waals surface area contributed by atoms with Gasteiger partial charge < -0.3 is 19.9 Å². The lowest BCUT2D eigenvalue weighted by atomic mass is 10.1. The van der Waals surface area contributed by atoms with Gasteiger partial charge in [0.25, 0.3) is 0 Å². The van der Waals surface area contributed by atoms with Crippen LogP contribution in [0.15, 0.2) is 24.3 Å². The van der Waals surface area contributed by atoms with Gasteiger partial charge in [-0.25, -0.2) is 0 Å². The van der Waals surface area contributed by atoms with Crippen LogP contribution in [0.5, 0.6) is 5.75 Å². The van der Waals surface area contributed by atoms with Crippen molar-refractivity contribution in [3.8, 4) is 18.1 Å². The molecular weight excluding hydrogens is 374 g/mol. The summed E-state index contributed by atoms with van der Waals surface area (Å²) < 4.78 is 25.2. The van der Waals surface area contributed by atoms with E-state index in [4.69, 9.17) is 11.2 Å². The molecule has 0 saturated carbocycles. The normalized spacial score (nSPS) is 15.1. The predicted octanol–water partition coefficient (Wildman–Crippen LogP) is 3.12. The maximum atomic E-state index is 11.5. The summed E-state index contributed by atoms with van der Waals surface area (Å²) in [7, 11) is 0. The number of benzene rings is 1. The van der Waals surface area contributed by atoms with Gasteiger partial charge in [-0.15, -0.1) is 6.42 Å². The molecule has 1 aliphatic rings. The number of hydrogen-bond acceptors (Lipinski definition) is 7. The Hall–Kier alpha value is -2.34. The molecule has 0 bridgehead atoms. The highest BCUT2D eigenvalue weighted by molar-refractivity contribution is 7.14. The molecule has 0 radical (unpaired) electrons. The summed E-state index contributed by atoms with van der Waals surface area (Å²) in [5.74, 6) is 4.28. The quantitative estimate of drug-likeness (QED) is 0.359. The fourth-order valence-electron chi connectivity index (χ4n) is 3.21. The van der Waals surface area contributed by atoms with E-state index in [0.29, 0.717) is 31.3 Å². The van der Waals surface area contributed by atoms with E-state index in [0.717, 1.165) is 18.7 Å². The fraction of sp³-hybridized carbons (Fsp3) is 0.500. The van der Waals surface area contributed by atoms with E-state index in [1.807, 2.05) is 6.07 Å². The Morgan fingerprint density at radius 3 is 2.75 bits per heavy atom. The average Bonchev–Trinajstić information content (AvgIpc) is 3.06. The average molecular weight is 402 g/mol. The molecule has 7 nitrogen and oxygen atoms in total. The number of terminal acetylenes is 1. The number of nitrogens with zero attached hydrogens (tertiary/aromatic N) is 3. The molecule has 1 fully saturated rings. The topological polar surface area (TPSA) is 85.4 Å². The standard InChI is InChI=1S/C20H27N5O2S/c1-2-10-21-19-20(24-28(26)23-19)22-11-7-14-27-18-9-6-8-17(15-18)16-25-12-4-3-5-13-25/h1,6,8-9,15H,3-5,7,10-14,16H2,(H,21,23)(H,22,24). The molecule has 0 spiro atoms. The lowest BCUT2D eigenvalue weighted by Gasteiger charge is -2.26. The minimum atomic E-state index is -1.58. The summed E-state index contributed by atoms with van der Waals surface area (Å²) in [5, 5.41) is 6.04. The maximum absolute atomic E-state index is 11.5. The molecule has 8 heteroatoms. The fourth-order valence-corrected chi connectivity index (χ4v) is 3.86. The summed E-state index contributed by atoms with van der Waals surface area (Å²) in [5.41, 5.74) is 1.29. The van der Waals surface area contributed by atoms with Gasteiger partial charge in [0, 0.05) is 21.8 Å². The zero-order valence-electron chi connectivity index (χ0n) is 16.0. The number of piperidine rings is 1. The third kappa shape index (κ3) is 6.37. The Balaban J connectivity index is 1.39. The van der Waals surface area contributed by atoms with Crippen LogP contribution in [-0.2, 0) is 6.54 Å². The number of anilines is 2. The molecule has 2 N–H and O–H groups in total. The molecule has 150 valence electrons. The number of ether oxygens (including phenoxy) is 1. The van der Waals surface area contributed by atoms with Gasteiger partial charge >= 0.3 is 0 Å². The van der Waals surface area contributed by atoms with Gasteiger partial charge in [-0.3, -0.25) is 4.90 Å². The molecule has 2 heterocycles. The van der Waals surface area contributed by atoms with Crippen LogP contribution >= 0.6 is 11.1 Å². The van der Waals surface area contributed by atoms with E-state index in [2.05, 4.69) is 48.4 Å². The molecule has 28 heavy (non-hydrogen) atoms. The molecule has 1 saturated heterocycles. The lowest BCUT2D eigenvalue weighted by Crippen LogP contribution is -2.29. The van der Waals surface area contributed by atoms with Crippen molar-refractivity contribution < 1.29 is 9.29 Å². The van der Waals surface area contributed by atoms with Crippen molar-refractivity contribution in [2.75, 3.05) is 43.4 Å². The smallest absolute Gasteiger partial charge is 0.233 e. The number of nitrogens with one attached hydrogen (secondary N) is 2. The van der Waals surface area contributed by atoms with E-state index >= 15 is 0 Å². The van der Waals surface area contributed by atoms with Gasteiger partial charge in [0.15, 0.2) is 11.1 Å². The molecule has 0 amide bonds.